The van der Waals surface area contributed by atoms with Crippen LogP contribution in [0.2, 0.25) is 0 Å². The quantitative estimate of drug-likeness (QED) is 0.852. The molecule has 3 heterocycles. The number of halogens is 2. The molecule has 0 bridgehead atoms. The van der Waals surface area contributed by atoms with Crippen molar-refractivity contribution >= 4 is 23.1 Å². The Bertz CT molecular complexity index is 728. The topological polar surface area (TPSA) is 47.4 Å². The second-order valence-corrected chi connectivity index (χ2v) is 6.93. The summed E-state index contributed by atoms with van der Waals surface area (Å²) in [4.78, 5) is 15.5. The molecule has 23 heavy (non-hydrogen) atoms. The third-order valence-electron chi connectivity index (χ3n) is 3.89. The first-order chi connectivity index (χ1) is 10.9. The number of amides is 1. The van der Waals surface area contributed by atoms with Crippen LogP contribution in [0, 0.1) is 6.92 Å². The van der Waals surface area contributed by atoms with E-state index in [-0.39, 0.29) is 28.6 Å². The Morgan fingerprint density at radius 2 is 2.17 bits per heavy atom. The maximum Gasteiger partial charge on any atom is 0.387 e. The van der Waals surface area contributed by atoms with Gasteiger partial charge in [0.15, 0.2) is 0 Å². The van der Waals surface area contributed by atoms with Gasteiger partial charge in [-0.3, -0.25) is 9.69 Å². The normalized spacial score (nSPS) is 20.7. The van der Waals surface area contributed by atoms with E-state index in [0.29, 0.717) is 5.82 Å². The number of ether oxygens (including phenoxy) is 1. The van der Waals surface area contributed by atoms with Crippen LogP contribution in [-0.2, 0) is 0 Å². The highest BCUT2D eigenvalue weighted by molar-refractivity contribution is 7.14. The van der Waals surface area contributed by atoms with Crippen LogP contribution in [0.15, 0.2) is 18.3 Å². The van der Waals surface area contributed by atoms with Crippen LogP contribution >= 0.6 is 11.3 Å². The summed E-state index contributed by atoms with van der Waals surface area (Å²) in [7, 11) is 0. The molecule has 5 nitrogen and oxygen atoms in total. The Hall–Kier alpha value is -1.96. The van der Waals surface area contributed by atoms with Gasteiger partial charge in [-0.15, -0.1) is 11.3 Å². The molecule has 0 saturated heterocycles. The summed E-state index contributed by atoms with van der Waals surface area (Å²) in [5.74, 6) is 0.277. The zero-order chi connectivity index (χ0) is 16.7. The van der Waals surface area contributed by atoms with Gasteiger partial charge in [-0.25, -0.2) is 4.68 Å². The summed E-state index contributed by atoms with van der Waals surface area (Å²) < 4.78 is 31.4. The predicted octanol–water partition coefficient (Wildman–Crippen LogP) is 3.85. The van der Waals surface area contributed by atoms with E-state index in [0.717, 1.165) is 22.6 Å². The van der Waals surface area contributed by atoms with Crippen molar-refractivity contribution in [2.24, 2.45) is 0 Å². The molecule has 0 spiro atoms. The number of hydrogen-bond donors (Lipinski definition) is 0. The van der Waals surface area contributed by atoms with E-state index in [9.17, 15) is 13.6 Å². The fourth-order valence-electron chi connectivity index (χ4n) is 3.00. The summed E-state index contributed by atoms with van der Waals surface area (Å²) in [5, 5.41) is 4.25. The Kier molecular flexibility index (Phi) is 4.09. The number of aryl methyl sites for hydroxylation is 1. The number of alkyl halides is 2. The molecule has 2 atom stereocenters. The minimum absolute atomic E-state index is 0.0523. The molecule has 1 amide bonds. The molecule has 0 N–H and O–H groups in total. The van der Waals surface area contributed by atoms with Crippen molar-refractivity contribution in [2.75, 3.05) is 4.90 Å². The zero-order valence-corrected chi connectivity index (χ0v) is 13.8. The average molecular weight is 341 g/mol. The van der Waals surface area contributed by atoms with Crippen molar-refractivity contribution in [3.05, 3.63) is 28.1 Å². The minimum atomic E-state index is -2.96. The lowest BCUT2D eigenvalue weighted by Crippen LogP contribution is -2.44. The number of anilines is 1. The van der Waals surface area contributed by atoms with Gasteiger partial charge in [0.05, 0.1) is 12.2 Å². The van der Waals surface area contributed by atoms with Gasteiger partial charge in [-0.2, -0.15) is 13.9 Å². The van der Waals surface area contributed by atoms with E-state index in [1.54, 1.807) is 28.8 Å². The monoisotopic (exact) mass is 341 g/mol. The molecular weight excluding hydrogens is 324 g/mol. The molecule has 0 radical (unpaired) electrons. The Morgan fingerprint density at radius 3 is 2.87 bits per heavy atom. The minimum Gasteiger partial charge on any atom is -0.433 e. The fraction of sp³-hybridized carbons (Fsp3) is 0.467. The van der Waals surface area contributed by atoms with Gasteiger partial charge in [0.2, 0.25) is 0 Å². The van der Waals surface area contributed by atoms with Crippen molar-refractivity contribution in [1.29, 1.82) is 0 Å². The van der Waals surface area contributed by atoms with Crippen molar-refractivity contribution < 1.29 is 18.3 Å². The van der Waals surface area contributed by atoms with Gasteiger partial charge in [0.1, 0.15) is 16.4 Å². The van der Waals surface area contributed by atoms with Crippen LogP contribution < -0.4 is 9.64 Å². The molecular formula is C15H17F2N3O2S. The van der Waals surface area contributed by atoms with Crippen molar-refractivity contribution in [2.45, 2.75) is 45.9 Å². The lowest BCUT2D eigenvalue weighted by atomic mass is 10.1. The molecule has 3 rings (SSSR count). The molecule has 1 aliphatic heterocycles. The molecule has 0 unspecified atom stereocenters. The highest BCUT2D eigenvalue weighted by Crippen LogP contribution is 2.37. The second kappa shape index (κ2) is 5.92. The first kappa shape index (κ1) is 15.9. The molecule has 0 aromatic carbocycles. The van der Waals surface area contributed by atoms with Gasteiger partial charge >= 0.3 is 6.61 Å². The van der Waals surface area contributed by atoms with Crippen LogP contribution in [0.1, 0.15) is 40.9 Å². The highest BCUT2D eigenvalue weighted by atomic mass is 32.1. The molecule has 0 saturated carbocycles. The summed E-state index contributed by atoms with van der Waals surface area (Å²) >= 11 is 1.16. The SMILES string of the molecule is Cc1cc(OC(F)F)c(C(=O)N2c3ccnn3[C@@H](C)C[C@@H]2C)s1. The van der Waals surface area contributed by atoms with E-state index in [1.807, 2.05) is 13.8 Å². The standard InChI is InChI=1S/C15H17F2N3O2S/c1-8-6-9(2)20-12(4-5-18-20)19(8)14(21)13-11(22-15(16)17)7-10(3)23-13/h4-5,7-9,15H,6H2,1-3H3/t8-,9-/m0/s1. The van der Waals surface area contributed by atoms with Gasteiger partial charge in [-0.1, -0.05) is 0 Å². The van der Waals surface area contributed by atoms with Gasteiger partial charge in [-0.05, 0) is 33.3 Å². The number of carbonyl (C=O) groups is 1. The third kappa shape index (κ3) is 2.83. The van der Waals surface area contributed by atoms with E-state index in [4.69, 9.17) is 0 Å². The number of fused-ring (bicyclic) bond motifs is 1. The van der Waals surface area contributed by atoms with Crippen molar-refractivity contribution in [3.63, 3.8) is 0 Å². The lowest BCUT2D eigenvalue weighted by molar-refractivity contribution is -0.0498. The van der Waals surface area contributed by atoms with Gasteiger partial charge < -0.3 is 4.74 Å². The average Bonchev–Trinajstić information content (AvgIpc) is 3.05. The van der Waals surface area contributed by atoms with E-state index in [1.165, 1.54) is 6.07 Å². The van der Waals surface area contributed by atoms with Crippen LogP contribution in [-0.4, -0.2) is 28.3 Å². The highest BCUT2D eigenvalue weighted by Gasteiger charge is 2.35. The number of hydrogen-bond acceptors (Lipinski definition) is 4. The van der Waals surface area contributed by atoms with Crippen molar-refractivity contribution in [3.8, 4) is 5.75 Å². The smallest absolute Gasteiger partial charge is 0.387 e. The van der Waals surface area contributed by atoms with Gasteiger partial charge in [0.25, 0.3) is 5.91 Å². The largest absolute Gasteiger partial charge is 0.433 e. The fourth-order valence-corrected chi connectivity index (χ4v) is 3.88. The number of carbonyl (C=O) groups excluding carboxylic acids is 1. The van der Waals surface area contributed by atoms with E-state index >= 15 is 0 Å². The predicted molar refractivity (Wildman–Crippen MR) is 83.5 cm³/mol. The zero-order valence-electron chi connectivity index (χ0n) is 13.0. The molecule has 0 fully saturated rings. The number of thiophene rings is 1. The molecule has 8 heteroatoms. The van der Waals surface area contributed by atoms with Crippen LogP contribution in [0.5, 0.6) is 5.75 Å². The van der Waals surface area contributed by atoms with E-state index < -0.39 is 6.61 Å². The molecule has 1 aliphatic rings. The Labute approximate surface area is 136 Å². The first-order valence-corrected chi connectivity index (χ1v) is 8.12. The summed E-state index contributed by atoms with van der Waals surface area (Å²) in [5.41, 5.74) is 0. The molecule has 2 aromatic heterocycles. The maximum absolute atomic E-state index is 13.0. The summed E-state index contributed by atoms with van der Waals surface area (Å²) in [6.07, 6.45) is 2.39. The number of aromatic nitrogens is 2. The second-order valence-electron chi connectivity index (χ2n) is 5.67. The van der Waals surface area contributed by atoms with E-state index in [2.05, 4.69) is 9.84 Å². The van der Waals surface area contributed by atoms with Crippen LogP contribution in [0.25, 0.3) is 0 Å². The van der Waals surface area contributed by atoms with Gasteiger partial charge in [0, 0.05) is 17.0 Å². The van der Waals surface area contributed by atoms with Crippen LogP contribution in [0.3, 0.4) is 0 Å². The lowest BCUT2D eigenvalue weighted by Gasteiger charge is -2.36. The molecule has 2 aromatic rings. The summed E-state index contributed by atoms with van der Waals surface area (Å²) in [6, 6.07) is 3.36. The Balaban J connectivity index is 2.00. The number of nitrogens with zero attached hydrogens (tertiary/aromatic N) is 3. The summed E-state index contributed by atoms with van der Waals surface area (Å²) in [6.45, 7) is 2.78. The maximum atomic E-state index is 13.0. The number of rotatable bonds is 3. The molecule has 0 aliphatic carbocycles. The Morgan fingerprint density at radius 1 is 1.43 bits per heavy atom. The van der Waals surface area contributed by atoms with Crippen molar-refractivity contribution in [1.82, 2.24) is 9.78 Å². The van der Waals surface area contributed by atoms with Crippen LogP contribution in [0.4, 0.5) is 14.6 Å². The first-order valence-electron chi connectivity index (χ1n) is 7.30. The third-order valence-corrected chi connectivity index (χ3v) is 4.91. The molecule has 124 valence electrons.